The summed E-state index contributed by atoms with van der Waals surface area (Å²) in [5.74, 6) is 0.419. The van der Waals surface area contributed by atoms with Crippen molar-refractivity contribution in [1.29, 1.82) is 0 Å². The highest BCUT2D eigenvalue weighted by molar-refractivity contribution is 5.94. The van der Waals surface area contributed by atoms with E-state index in [1.807, 2.05) is 25.2 Å². The first-order chi connectivity index (χ1) is 21.9. The van der Waals surface area contributed by atoms with E-state index in [1.165, 1.54) is 11.1 Å². The number of ketones is 2. The molecule has 0 spiro atoms. The van der Waals surface area contributed by atoms with Crippen LogP contribution in [-0.2, 0) is 22.4 Å². The van der Waals surface area contributed by atoms with E-state index in [1.54, 1.807) is 0 Å². The van der Waals surface area contributed by atoms with Crippen LogP contribution in [0.3, 0.4) is 0 Å². The zero-order chi connectivity index (χ0) is 33.2. The van der Waals surface area contributed by atoms with Gasteiger partial charge in [-0.2, -0.15) is 0 Å². The minimum atomic E-state index is -1.06. The second-order valence-corrected chi connectivity index (χ2v) is 15.3. The minimum absolute atomic E-state index is 0. The Morgan fingerprint density at radius 2 is 1.77 bits per heavy atom. The van der Waals surface area contributed by atoms with E-state index in [2.05, 4.69) is 87.6 Å². The van der Waals surface area contributed by atoms with E-state index in [-0.39, 0.29) is 66.1 Å². The van der Waals surface area contributed by atoms with Gasteiger partial charge < -0.3 is 15.7 Å². The number of aliphatic hydroxyl groups is 1. The Balaban J connectivity index is 0.00000500. The molecule has 4 aliphatic carbocycles. The van der Waals surface area contributed by atoms with Crippen molar-refractivity contribution in [2.75, 3.05) is 6.54 Å². The van der Waals surface area contributed by atoms with Crippen LogP contribution in [0.2, 0.25) is 0 Å². The summed E-state index contributed by atoms with van der Waals surface area (Å²) in [5, 5.41) is 18.4. The molecule has 2 saturated carbocycles. The Morgan fingerprint density at radius 3 is 2.36 bits per heavy atom. The molecule has 4 aliphatic rings. The number of fused-ring (bicyclic) bond motifs is 2. The lowest BCUT2D eigenvalue weighted by atomic mass is 9.72. The Labute approximate surface area is 284 Å². The van der Waals surface area contributed by atoms with Crippen LogP contribution < -0.4 is 10.6 Å². The number of Topliss-reactive ketones (excluding diaryl/α,β-unsaturated/α-hetero) is 2. The standard InChI is InChI=1S/C41H56N2O3.CH4/c1-8-10-20-41(7,46)27(4)28(15-9-2)23-35(44)36-33(24-34-37(36)40(34,5)6)39(45)38(31-21-29-16-11-12-17-30(29)22-31)42-25-26(3)43-32-18-13-14-19-32;/h8,11-14,16-19,28,31-34,36-38,42-43,46H,1,3-4,9-10,15,20-25H2,2,5-7H3;1H4. The summed E-state index contributed by atoms with van der Waals surface area (Å²) in [6, 6.07) is 8.28. The van der Waals surface area contributed by atoms with Gasteiger partial charge in [-0.25, -0.2) is 0 Å². The van der Waals surface area contributed by atoms with Gasteiger partial charge in [-0.3, -0.25) is 9.59 Å². The van der Waals surface area contributed by atoms with Crippen LogP contribution in [0.5, 0.6) is 0 Å². The van der Waals surface area contributed by atoms with Crippen molar-refractivity contribution in [2.24, 2.45) is 40.9 Å². The van der Waals surface area contributed by atoms with Gasteiger partial charge in [0.15, 0.2) is 5.78 Å². The summed E-state index contributed by atoms with van der Waals surface area (Å²) < 4.78 is 0. The average Bonchev–Trinajstić information content (AvgIpc) is 3.59. The van der Waals surface area contributed by atoms with E-state index in [9.17, 15) is 14.7 Å². The number of hydrogen-bond donors (Lipinski definition) is 3. The second kappa shape index (κ2) is 15.0. The summed E-state index contributed by atoms with van der Waals surface area (Å²) in [4.78, 5) is 29.3. The van der Waals surface area contributed by atoms with Crippen molar-refractivity contribution in [3.63, 3.8) is 0 Å². The molecule has 0 saturated heterocycles. The topological polar surface area (TPSA) is 78.4 Å². The van der Waals surface area contributed by atoms with Gasteiger partial charge in [0.05, 0.1) is 17.7 Å². The van der Waals surface area contributed by atoms with Crippen LogP contribution in [0.25, 0.3) is 0 Å². The number of carbonyl (C=O) groups excluding carboxylic acids is 2. The minimum Gasteiger partial charge on any atom is -0.386 e. The molecule has 2 fully saturated rings. The number of benzene rings is 1. The van der Waals surface area contributed by atoms with Gasteiger partial charge >= 0.3 is 0 Å². The average molecular weight is 641 g/mol. The first-order valence-corrected chi connectivity index (χ1v) is 17.6. The predicted octanol–water partition coefficient (Wildman–Crippen LogP) is 7.72. The predicted molar refractivity (Wildman–Crippen MR) is 195 cm³/mol. The normalized spacial score (nSPS) is 26.4. The number of rotatable bonds is 18. The van der Waals surface area contributed by atoms with Crippen molar-refractivity contribution >= 4 is 11.6 Å². The Morgan fingerprint density at radius 1 is 1.13 bits per heavy atom. The molecule has 256 valence electrons. The highest BCUT2D eigenvalue weighted by atomic mass is 16.3. The molecule has 1 aromatic rings. The summed E-state index contributed by atoms with van der Waals surface area (Å²) in [7, 11) is 0. The summed E-state index contributed by atoms with van der Waals surface area (Å²) in [6.45, 7) is 21.3. The lowest BCUT2D eigenvalue weighted by Crippen LogP contribution is -2.49. The molecule has 0 heterocycles. The van der Waals surface area contributed by atoms with Crippen molar-refractivity contribution in [3.05, 3.63) is 96.8 Å². The van der Waals surface area contributed by atoms with E-state index >= 15 is 0 Å². The zero-order valence-electron chi connectivity index (χ0n) is 28.6. The molecule has 47 heavy (non-hydrogen) atoms. The molecule has 3 N–H and O–H groups in total. The highest BCUT2D eigenvalue weighted by Gasteiger charge is 2.69. The number of nitrogens with one attached hydrogen (secondary N) is 2. The van der Waals surface area contributed by atoms with Crippen LogP contribution >= 0.6 is 0 Å². The lowest BCUT2D eigenvalue weighted by molar-refractivity contribution is -0.135. The quantitative estimate of drug-likeness (QED) is 0.143. The fourth-order valence-electron chi connectivity index (χ4n) is 9.06. The van der Waals surface area contributed by atoms with Crippen LogP contribution in [0.1, 0.15) is 84.8 Å². The van der Waals surface area contributed by atoms with Crippen LogP contribution in [0, 0.1) is 40.9 Å². The third-order valence-corrected chi connectivity index (χ3v) is 11.8. The molecule has 0 radical (unpaired) electrons. The van der Waals surface area contributed by atoms with Gasteiger partial charge in [0.2, 0.25) is 0 Å². The zero-order valence-corrected chi connectivity index (χ0v) is 28.6. The molecule has 0 bridgehead atoms. The van der Waals surface area contributed by atoms with Crippen molar-refractivity contribution < 1.29 is 14.7 Å². The van der Waals surface area contributed by atoms with Crippen molar-refractivity contribution in [2.45, 2.75) is 104 Å². The van der Waals surface area contributed by atoms with Crippen molar-refractivity contribution in [3.8, 4) is 0 Å². The van der Waals surface area contributed by atoms with Crippen LogP contribution in [0.4, 0.5) is 0 Å². The van der Waals surface area contributed by atoms with Gasteiger partial charge in [0.1, 0.15) is 5.78 Å². The maximum absolute atomic E-state index is 14.8. The number of carbonyl (C=O) groups is 2. The van der Waals surface area contributed by atoms with E-state index in [0.717, 1.165) is 43.4 Å². The fraction of sp³-hybridized carbons (Fsp3) is 0.571. The Hall–Kier alpha value is -3.02. The molecule has 5 rings (SSSR count). The van der Waals surface area contributed by atoms with Gasteiger partial charge in [-0.15, -0.1) is 6.58 Å². The molecule has 5 nitrogen and oxygen atoms in total. The molecular weight excluding hydrogens is 580 g/mol. The van der Waals surface area contributed by atoms with Gasteiger partial charge in [-0.1, -0.05) is 102 Å². The lowest BCUT2D eigenvalue weighted by Gasteiger charge is -2.34. The van der Waals surface area contributed by atoms with Gasteiger partial charge in [-0.05, 0) is 91.2 Å². The summed E-state index contributed by atoms with van der Waals surface area (Å²) in [5.41, 5.74) is 3.22. The molecule has 0 amide bonds. The number of hydrogen-bond acceptors (Lipinski definition) is 5. The fourth-order valence-corrected chi connectivity index (χ4v) is 9.06. The van der Waals surface area contributed by atoms with Crippen molar-refractivity contribution in [1.82, 2.24) is 10.6 Å². The van der Waals surface area contributed by atoms with Crippen LogP contribution in [0.15, 0.2) is 85.7 Å². The molecule has 0 aliphatic heterocycles. The molecule has 5 heteroatoms. The SMILES string of the molecule is C.C=CCCC(C)(O)C(=C)C(CCC)CC(=O)C1C(C(=O)C(NCC(=C)NC2C=CC=C2)C2Cc3ccccc3C2)CC2C1C2(C)C. The largest absolute Gasteiger partial charge is 0.386 e. The molecule has 1 aromatic carbocycles. The summed E-state index contributed by atoms with van der Waals surface area (Å²) >= 11 is 0. The molecule has 0 aromatic heterocycles. The first-order valence-electron chi connectivity index (χ1n) is 17.6. The van der Waals surface area contributed by atoms with E-state index in [4.69, 9.17) is 0 Å². The third-order valence-electron chi connectivity index (χ3n) is 11.8. The van der Waals surface area contributed by atoms with Crippen LogP contribution in [-0.4, -0.2) is 40.9 Å². The molecule has 7 atom stereocenters. The molecule has 7 unspecified atom stereocenters. The van der Waals surface area contributed by atoms with E-state index in [0.29, 0.717) is 31.7 Å². The highest BCUT2D eigenvalue weighted by Crippen LogP contribution is 2.71. The van der Waals surface area contributed by atoms with Gasteiger partial charge in [0.25, 0.3) is 0 Å². The monoisotopic (exact) mass is 640 g/mol. The van der Waals surface area contributed by atoms with E-state index < -0.39 is 5.60 Å². The maximum Gasteiger partial charge on any atom is 0.153 e. The Bertz CT molecular complexity index is 1360. The Kier molecular flexibility index (Phi) is 11.8. The van der Waals surface area contributed by atoms with Gasteiger partial charge in [0, 0.05) is 30.5 Å². The smallest absolute Gasteiger partial charge is 0.153 e. The maximum atomic E-state index is 14.8. The summed E-state index contributed by atoms with van der Waals surface area (Å²) in [6.07, 6.45) is 15.8. The molecular formula is C42H60N2O3. The number of allylic oxidation sites excluding steroid dienone is 3. The second-order valence-electron chi connectivity index (χ2n) is 15.3. The first kappa shape index (κ1) is 36.8. The third kappa shape index (κ3) is 7.84.